The van der Waals surface area contributed by atoms with Crippen LogP contribution in [-0.4, -0.2) is 60.6 Å². The average Bonchev–Trinajstić information content (AvgIpc) is 3.17. The van der Waals surface area contributed by atoms with Crippen LogP contribution in [0.1, 0.15) is 49.0 Å². The summed E-state index contributed by atoms with van der Waals surface area (Å²) in [5.74, 6) is -1.74. The minimum Gasteiger partial charge on any atom is -0.356 e. The lowest BCUT2D eigenvalue weighted by Crippen LogP contribution is -2.43. The van der Waals surface area contributed by atoms with Crippen LogP contribution in [0, 0.1) is 11.7 Å². The third-order valence-corrected chi connectivity index (χ3v) is 8.15. The summed E-state index contributed by atoms with van der Waals surface area (Å²) in [7, 11) is -3.88. The highest BCUT2D eigenvalue weighted by molar-refractivity contribution is 7.89. The molecule has 2 aliphatic rings. The van der Waals surface area contributed by atoms with Gasteiger partial charge in [-0.05, 0) is 43.9 Å². The van der Waals surface area contributed by atoms with Gasteiger partial charge in [0.05, 0.1) is 11.6 Å². The molecule has 10 heteroatoms. The fraction of sp³-hybridized carbons (Fsp3) is 0.478. The largest absolute Gasteiger partial charge is 0.356 e. The van der Waals surface area contributed by atoms with Gasteiger partial charge in [0.2, 0.25) is 15.9 Å². The molecule has 1 atom stereocenters. The van der Waals surface area contributed by atoms with Crippen molar-refractivity contribution >= 4 is 27.5 Å². The molecule has 0 unspecified atom stereocenters. The quantitative estimate of drug-likeness (QED) is 0.692. The molecule has 0 bridgehead atoms. The van der Waals surface area contributed by atoms with Gasteiger partial charge in [-0.25, -0.2) is 12.8 Å². The molecule has 2 aliphatic heterocycles. The number of para-hydroxylation sites is 1. The van der Waals surface area contributed by atoms with Gasteiger partial charge in [0, 0.05) is 32.4 Å². The predicted octanol–water partition coefficient (Wildman–Crippen LogP) is 3.21. The van der Waals surface area contributed by atoms with Crippen LogP contribution in [0.4, 0.5) is 10.1 Å². The van der Waals surface area contributed by atoms with Gasteiger partial charge in [0.25, 0.3) is 5.91 Å². The molecule has 2 aromatic rings. The average molecular weight is 477 g/mol. The van der Waals surface area contributed by atoms with Gasteiger partial charge in [-0.3, -0.25) is 9.59 Å². The number of piperidine rings is 1. The molecule has 1 aromatic carbocycles. The maximum atomic E-state index is 13.9. The van der Waals surface area contributed by atoms with Crippen LogP contribution in [0.2, 0.25) is 0 Å². The number of H-pyrrole nitrogens is 1. The molecule has 3 heterocycles. The molecule has 4 rings (SSSR count). The zero-order chi connectivity index (χ0) is 23.4. The van der Waals surface area contributed by atoms with E-state index in [9.17, 15) is 22.4 Å². The number of nitrogens with zero attached hydrogens (tertiary/aromatic N) is 2. The molecule has 8 nitrogen and oxygen atoms in total. The Bertz CT molecular complexity index is 1110. The van der Waals surface area contributed by atoms with Crippen LogP contribution in [-0.2, 0) is 14.8 Å². The van der Waals surface area contributed by atoms with Gasteiger partial charge in [-0.2, -0.15) is 4.31 Å². The summed E-state index contributed by atoms with van der Waals surface area (Å²) in [5, 5.41) is 2.56. The lowest BCUT2D eigenvalue weighted by atomic mass is 9.98. The maximum Gasteiger partial charge on any atom is 0.270 e. The molecule has 1 aromatic heterocycles. The van der Waals surface area contributed by atoms with E-state index in [0.29, 0.717) is 25.9 Å². The molecule has 178 valence electrons. The number of hydrogen-bond donors (Lipinski definition) is 2. The van der Waals surface area contributed by atoms with Gasteiger partial charge < -0.3 is 15.2 Å². The standard InChI is InChI=1S/C23H29FN4O4S/c24-19-9-3-4-10-20(19)26-22(29)17-8-7-13-28(16-17)33(31,32)18-14-21(25-15-18)23(30)27-11-5-1-2-6-12-27/h3-4,9-10,14-15,17,25H,1-2,5-8,11-13,16H2,(H,26,29)/t17-/m0/s1. The van der Waals surface area contributed by atoms with E-state index in [4.69, 9.17) is 0 Å². The van der Waals surface area contributed by atoms with E-state index in [2.05, 4.69) is 10.3 Å². The molecular formula is C23H29FN4O4S. The van der Waals surface area contributed by atoms with Gasteiger partial charge >= 0.3 is 0 Å². The SMILES string of the molecule is O=C(Nc1ccccc1F)[C@H]1CCCN(S(=O)(=O)c2c[nH]c(C(=O)N3CCCCCC3)c2)C1. The van der Waals surface area contributed by atoms with E-state index < -0.39 is 27.7 Å². The summed E-state index contributed by atoms with van der Waals surface area (Å²) in [6.07, 6.45) is 6.44. The van der Waals surface area contributed by atoms with Crippen LogP contribution < -0.4 is 5.32 Å². The van der Waals surface area contributed by atoms with Crippen molar-refractivity contribution in [2.45, 2.75) is 43.4 Å². The smallest absolute Gasteiger partial charge is 0.270 e. The minimum absolute atomic E-state index is 0.00318. The van der Waals surface area contributed by atoms with E-state index in [1.807, 2.05) is 0 Å². The van der Waals surface area contributed by atoms with Crippen LogP contribution in [0.25, 0.3) is 0 Å². The minimum atomic E-state index is -3.88. The molecule has 0 radical (unpaired) electrons. The van der Waals surface area contributed by atoms with Crippen molar-refractivity contribution in [3.8, 4) is 0 Å². The van der Waals surface area contributed by atoms with E-state index in [0.717, 1.165) is 25.7 Å². The first kappa shape index (κ1) is 23.4. The summed E-state index contributed by atoms with van der Waals surface area (Å²) in [6.45, 7) is 1.63. The second kappa shape index (κ2) is 10.0. The fourth-order valence-electron chi connectivity index (χ4n) is 4.41. The lowest BCUT2D eigenvalue weighted by molar-refractivity contribution is -0.120. The van der Waals surface area contributed by atoms with Gasteiger partial charge in [-0.15, -0.1) is 0 Å². The van der Waals surface area contributed by atoms with Crippen LogP contribution in [0.3, 0.4) is 0 Å². The summed E-state index contributed by atoms with van der Waals surface area (Å²) in [5.41, 5.74) is 0.325. The topological polar surface area (TPSA) is 103 Å². The number of sulfonamides is 1. The first-order chi connectivity index (χ1) is 15.9. The second-order valence-corrected chi connectivity index (χ2v) is 10.6. The number of amides is 2. The van der Waals surface area contributed by atoms with Crippen molar-refractivity contribution in [1.82, 2.24) is 14.2 Å². The number of carbonyl (C=O) groups is 2. The number of rotatable bonds is 5. The fourth-order valence-corrected chi connectivity index (χ4v) is 5.93. The third kappa shape index (κ3) is 5.27. The molecule has 0 saturated carbocycles. The number of carbonyl (C=O) groups excluding carboxylic acids is 2. The Labute approximate surface area is 193 Å². The van der Waals surface area contributed by atoms with E-state index in [-0.39, 0.29) is 35.3 Å². The Morgan fingerprint density at radius 3 is 2.48 bits per heavy atom. The Hall–Kier alpha value is -2.72. The summed E-state index contributed by atoms with van der Waals surface area (Å²) in [6, 6.07) is 7.25. The Morgan fingerprint density at radius 2 is 1.76 bits per heavy atom. The molecule has 0 spiro atoms. The molecular weight excluding hydrogens is 447 g/mol. The number of anilines is 1. The summed E-state index contributed by atoms with van der Waals surface area (Å²) >= 11 is 0. The van der Waals surface area contributed by atoms with Crippen molar-refractivity contribution in [3.63, 3.8) is 0 Å². The monoisotopic (exact) mass is 476 g/mol. The Morgan fingerprint density at radius 1 is 1.03 bits per heavy atom. The number of halogens is 1. The summed E-state index contributed by atoms with van der Waals surface area (Å²) < 4.78 is 41.6. The second-order valence-electron chi connectivity index (χ2n) is 8.63. The number of hydrogen-bond acceptors (Lipinski definition) is 4. The zero-order valence-electron chi connectivity index (χ0n) is 18.4. The molecule has 2 saturated heterocycles. The number of benzene rings is 1. The van der Waals surface area contributed by atoms with E-state index in [1.165, 1.54) is 34.8 Å². The van der Waals surface area contributed by atoms with Crippen molar-refractivity contribution in [2.75, 3.05) is 31.5 Å². The van der Waals surface area contributed by atoms with Gasteiger partial charge in [-0.1, -0.05) is 25.0 Å². The van der Waals surface area contributed by atoms with Crippen molar-refractivity contribution < 1.29 is 22.4 Å². The molecule has 2 fully saturated rings. The maximum absolute atomic E-state index is 13.9. The first-order valence-electron chi connectivity index (χ1n) is 11.4. The number of aromatic nitrogens is 1. The van der Waals surface area contributed by atoms with Crippen molar-refractivity contribution in [2.24, 2.45) is 5.92 Å². The van der Waals surface area contributed by atoms with Crippen LogP contribution in [0.15, 0.2) is 41.4 Å². The lowest BCUT2D eigenvalue weighted by Gasteiger charge is -2.31. The van der Waals surface area contributed by atoms with Crippen LogP contribution >= 0.6 is 0 Å². The molecule has 33 heavy (non-hydrogen) atoms. The summed E-state index contributed by atoms with van der Waals surface area (Å²) in [4.78, 5) is 30.1. The number of aromatic amines is 1. The van der Waals surface area contributed by atoms with Gasteiger partial charge in [0.15, 0.2) is 0 Å². The Kier molecular flexibility index (Phi) is 7.14. The highest BCUT2D eigenvalue weighted by atomic mass is 32.2. The number of likely N-dealkylation sites (tertiary alicyclic amines) is 1. The highest BCUT2D eigenvalue weighted by Crippen LogP contribution is 2.26. The molecule has 2 N–H and O–H groups in total. The third-order valence-electron chi connectivity index (χ3n) is 6.30. The normalized spacial score (nSPS) is 20.3. The van der Waals surface area contributed by atoms with Crippen molar-refractivity contribution in [3.05, 3.63) is 48.0 Å². The Balaban J connectivity index is 1.44. The number of nitrogens with one attached hydrogen (secondary N) is 2. The van der Waals surface area contributed by atoms with E-state index in [1.54, 1.807) is 11.0 Å². The predicted molar refractivity (Wildman–Crippen MR) is 122 cm³/mol. The van der Waals surface area contributed by atoms with Crippen LogP contribution in [0.5, 0.6) is 0 Å². The van der Waals surface area contributed by atoms with E-state index >= 15 is 0 Å². The first-order valence-corrected chi connectivity index (χ1v) is 12.8. The zero-order valence-corrected chi connectivity index (χ0v) is 19.2. The van der Waals surface area contributed by atoms with Gasteiger partial charge in [0.1, 0.15) is 16.4 Å². The van der Waals surface area contributed by atoms with Crippen molar-refractivity contribution in [1.29, 1.82) is 0 Å². The molecule has 0 aliphatic carbocycles. The highest BCUT2D eigenvalue weighted by Gasteiger charge is 2.34. The molecule has 2 amide bonds.